The Hall–Kier alpha value is 0.300. The Morgan fingerprint density at radius 2 is 1.94 bits per heavy atom. The number of halogens is 1. The van der Waals surface area contributed by atoms with Crippen LogP contribution < -0.4 is 0 Å². The fourth-order valence-corrected chi connectivity index (χ4v) is 3.88. The maximum Gasteiger partial charge on any atom is 0.330 e. The molecule has 0 spiro atoms. The quantitative estimate of drug-likeness (QED) is 0.402. The SMILES string of the molecule is COP(=O)(CCCCC1CCC(Br)C(=O)C1)OC. The lowest BCUT2D eigenvalue weighted by Crippen LogP contribution is -2.24. The maximum atomic E-state index is 11.8. The molecule has 0 bridgehead atoms. The lowest BCUT2D eigenvalue weighted by atomic mass is 9.85. The number of unbranched alkanes of at least 4 members (excludes halogenated alkanes) is 1. The normalized spacial score (nSPS) is 25.4. The second kappa shape index (κ2) is 7.78. The molecule has 0 aromatic rings. The van der Waals surface area contributed by atoms with E-state index in [4.69, 9.17) is 9.05 Å². The van der Waals surface area contributed by atoms with Gasteiger partial charge in [-0.2, -0.15) is 0 Å². The van der Waals surface area contributed by atoms with Crippen molar-refractivity contribution >= 4 is 29.3 Å². The van der Waals surface area contributed by atoms with Crippen molar-refractivity contribution in [3.8, 4) is 0 Å². The van der Waals surface area contributed by atoms with Crippen molar-refractivity contribution in [2.75, 3.05) is 20.4 Å². The van der Waals surface area contributed by atoms with Crippen LogP contribution in [0.4, 0.5) is 0 Å². The van der Waals surface area contributed by atoms with E-state index in [0.717, 1.165) is 32.1 Å². The Balaban J connectivity index is 2.19. The molecule has 0 saturated heterocycles. The molecule has 1 saturated carbocycles. The molecule has 1 aliphatic rings. The molecule has 0 aliphatic heterocycles. The summed E-state index contributed by atoms with van der Waals surface area (Å²) in [5.41, 5.74) is 0. The number of hydrogen-bond acceptors (Lipinski definition) is 4. The summed E-state index contributed by atoms with van der Waals surface area (Å²) in [6.07, 6.45) is 6.01. The molecule has 106 valence electrons. The van der Waals surface area contributed by atoms with Crippen molar-refractivity contribution in [1.29, 1.82) is 0 Å². The van der Waals surface area contributed by atoms with E-state index >= 15 is 0 Å². The number of hydrogen-bond donors (Lipinski definition) is 0. The van der Waals surface area contributed by atoms with Crippen LogP contribution in [-0.4, -0.2) is 31.0 Å². The summed E-state index contributed by atoms with van der Waals surface area (Å²) < 4.78 is 21.6. The van der Waals surface area contributed by atoms with E-state index in [9.17, 15) is 9.36 Å². The first-order valence-electron chi connectivity index (χ1n) is 6.38. The third-order valence-electron chi connectivity index (χ3n) is 3.52. The fraction of sp³-hybridized carbons (Fsp3) is 0.917. The van der Waals surface area contributed by atoms with Crippen LogP contribution in [-0.2, 0) is 18.4 Å². The van der Waals surface area contributed by atoms with Gasteiger partial charge in [0.05, 0.1) is 11.0 Å². The van der Waals surface area contributed by atoms with E-state index in [2.05, 4.69) is 15.9 Å². The first-order valence-corrected chi connectivity index (χ1v) is 9.02. The van der Waals surface area contributed by atoms with Crippen molar-refractivity contribution < 1.29 is 18.4 Å². The van der Waals surface area contributed by atoms with Crippen LogP contribution in [0.15, 0.2) is 0 Å². The van der Waals surface area contributed by atoms with Crippen LogP contribution in [0, 0.1) is 5.92 Å². The highest BCUT2D eigenvalue weighted by molar-refractivity contribution is 9.10. The second-order valence-corrected chi connectivity index (χ2v) is 8.28. The highest BCUT2D eigenvalue weighted by atomic mass is 79.9. The topological polar surface area (TPSA) is 52.6 Å². The lowest BCUT2D eigenvalue weighted by Gasteiger charge is -2.24. The monoisotopic (exact) mass is 340 g/mol. The highest BCUT2D eigenvalue weighted by Gasteiger charge is 2.26. The number of Topliss-reactive ketones (excluding diaryl/α,β-unsaturated/α-hetero) is 1. The second-order valence-electron chi connectivity index (χ2n) is 4.78. The summed E-state index contributed by atoms with van der Waals surface area (Å²) in [6, 6.07) is 0. The fourth-order valence-electron chi connectivity index (χ4n) is 2.30. The Labute approximate surface area is 117 Å². The molecule has 0 heterocycles. The van der Waals surface area contributed by atoms with Crippen LogP contribution >= 0.6 is 23.5 Å². The molecule has 0 radical (unpaired) electrons. The first-order chi connectivity index (χ1) is 8.50. The third kappa shape index (κ3) is 5.12. The van der Waals surface area contributed by atoms with Gasteiger partial charge in [0.15, 0.2) is 0 Å². The molecular weight excluding hydrogens is 319 g/mol. The zero-order chi connectivity index (χ0) is 13.6. The molecule has 18 heavy (non-hydrogen) atoms. The van der Waals surface area contributed by atoms with Crippen LogP contribution in [0.25, 0.3) is 0 Å². The largest absolute Gasteiger partial charge is 0.330 e. The van der Waals surface area contributed by atoms with E-state index in [1.54, 1.807) is 0 Å². The molecule has 1 fully saturated rings. The van der Waals surface area contributed by atoms with Crippen LogP contribution in [0.2, 0.25) is 0 Å². The van der Waals surface area contributed by atoms with E-state index in [0.29, 0.717) is 24.3 Å². The summed E-state index contributed by atoms with van der Waals surface area (Å²) >= 11 is 3.39. The Morgan fingerprint density at radius 3 is 2.50 bits per heavy atom. The van der Waals surface area contributed by atoms with Crippen molar-refractivity contribution in [2.24, 2.45) is 5.92 Å². The van der Waals surface area contributed by atoms with Gasteiger partial charge in [-0.05, 0) is 25.2 Å². The van der Waals surface area contributed by atoms with Crippen molar-refractivity contribution in [2.45, 2.75) is 43.4 Å². The van der Waals surface area contributed by atoms with Crippen LogP contribution in [0.5, 0.6) is 0 Å². The lowest BCUT2D eigenvalue weighted by molar-refractivity contribution is -0.120. The summed E-state index contributed by atoms with van der Waals surface area (Å²) in [6.45, 7) is 0. The van der Waals surface area contributed by atoms with E-state index in [1.165, 1.54) is 14.2 Å². The summed E-state index contributed by atoms with van der Waals surface area (Å²) in [7, 11) is -0.0136. The predicted octanol–water partition coefficient (Wildman–Crippen LogP) is 3.78. The molecule has 2 unspecified atom stereocenters. The van der Waals surface area contributed by atoms with E-state index < -0.39 is 7.60 Å². The Kier molecular flexibility index (Phi) is 7.07. The van der Waals surface area contributed by atoms with Gasteiger partial charge < -0.3 is 9.05 Å². The van der Waals surface area contributed by atoms with Gasteiger partial charge in [-0.25, -0.2) is 0 Å². The average molecular weight is 341 g/mol. The molecule has 0 N–H and O–H groups in total. The van der Waals surface area contributed by atoms with Crippen molar-refractivity contribution in [3.63, 3.8) is 0 Å². The molecule has 0 aromatic carbocycles. The highest BCUT2D eigenvalue weighted by Crippen LogP contribution is 2.47. The zero-order valence-corrected chi connectivity index (χ0v) is 13.5. The number of ketones is 1. The maximum absolute atomic E-state index is 11.8. The first kappa shape index (κ1) is 16.4. The molecule has 1 aliphatic carbocycles. The smallest absolute Gasteiger partial charge is 0.312 e. The minimum atomic E-state index is -2.85. The molecule has 4 nitrogen and oxygen atoms in total. The molecule has 0 aromatic heterocycles. The van der Waals surface area contributed by atoms with Gasteiger partial charge in [-0.15, -0.1) is 0 Å². The molecule has 1 rings (SSSR count). The number of carbonyl (C=O) groups is 1. The van der Waals surface area contributed by atoms with Gasteiger partial charge in [0.1, 0.15) is 5.78 Å². The predicted molar refractivity (Wildman–Crippen MR) is 75.4 cm³/mol. The zero-order valence-electron chi connectivity index (χ0n) is 11.1. The minimum absolute atomic E-state index is 0.0657. The number of carbonyl (C=O) groups excluding carboxylic acids is 1. The van der Waals surface area contributed by atoms with Gasteiger partial charge in [0.25, 0.3) is 0 Å². The molecule has 0 amide bonds. The van der Waals surface area contributed by atoms with Gasteiger partial charge in [-0.3, -0.25) is 9.36 Å². The Morgan fingerprint density at radius 1 is 1.28 bits per heavy atom. The molecule has 2 atom stereocenters. The van der Waals surface area contributed by atoms with Crippen LogP contribution in [0.3, 0.4) is 0 Å². The van der Waals surface area contributed by atoms with E-state index in [-0.39, 0.29) is 4.83 Å². The van der Waals surface area contributed by atoms with Crippen molar-refractivity contribution in [1.82, 2.24) is 0 Å². The summed E-state index contributed by atoms with van der Waals surface area (Å²) in [5.74, 6) is 0.821. The minimum Gasteiger partial charge on any atom is -0.312 e. The van der Waals surface area contributed by atoms with Gasteiger partial charge in [-0.1, -0.05) is 28.8 Å². The van der Waals surface area contributed by atoms with Gasteiger partial charge in [0, 0.05) is 20.6 Å². The number of rotatable bonds is 7. The van der Waals surface area contributed by atoms with Gasteiger partial charge >= 0.3 is 7.60 Å². The standard InChI is InChI=1S/C12H22BrO4P/c1-16-18(15,17-2)8-4-3-5-10-6-7-11(13)12(14)9-10/h10-11H,3-9H2,1-2H3. The summed E-state index contributed by atoms with van der Waals surface area (Å²) in [4.78, 5) is 11.6. The molecule has 6 heteroatoms. The Bertz CT molecular complexity index is 313. The van der Waals surface area contributed by atoms with Crippen LogP contribution in [0.1, 0.15) is 38.5 Å². The summed E-state index contributed by atoms with van der Waals surface area (Å²) in [5, 5.41) is 0. The van der Waals surface area contributed by atoms with E-state index in [1.807, 2.05) is 0 Å². The number of alkyl halides is 1. The third-order valence-corrected chi connectivity index (χ3v) is 6.46. The molecular formula is C12H22BrO4P. The van der Waals surface area contributed by atoms with Gasteiger partial charge in [0.2, 0.25) is 0 Å². The average Bonchev–Trinajstić information content (AvgIpc) is 2.38. The van der Waals surface area contributed by atoms with Crippen molar-refractivity contribution in [3.05, 3.63) is 0 Å².